The molecule has 2 heterocycles. The van der Waals surface area contributed by atoms with E-state index < -0.39 is 0 Å². The van der Waals surface area contributed by atoms with Crippen LogP contribution in [0.2, 0.25) is 0 Å². The van der Waals surface area contributed by atoms with Gasteiger partial charge in [-0.15, -0.1) is 0 Å². The van der Waals surface area contributed by atoms with Crippen LogP contribution in [0.4, 0.5) is 16.2 Å². The van der Waals surface area contributed by atoms with E-state index in [2.05, 4.69) is 15.8 Å². The molecule has 0 radical (unpaired) electrons. The lowest BCUT2D eigenvalue weighted by atomic mass is 10.2. The smallest absolute Gasteiger partial charge is 0.323 e. The largest absolute Gasteiger partial charge is 0.359 e. The fourth-order valence-electron chi connectivity index (χ4n) is 2.19. The number of carbonyl (C=O) groups is 1. The second-order valence-corrected chi connectivity index (χ2v) is 4.92. The summed E-state index contributed by atoms with van der Waals surface area (Å²) in [4.78, 5) is 12.1. The van der Waals surface area contributed by atoms with Crippen molar-refractivity contribution in [3.63, 3.8) is 0 Å². The number of carbonyl (C=O) groups excluding carboxylic acids is 1. The molecule has 3 rings (SSSR count). The van der Waals surface area contributed by atoms with Gasteiger partial charge in [-0.3, -0.25) is 0 Å². The molecule has 0 bridgehead atoms. The lowest BCUT2D eigenvalue weighted by Crippen LogP contribution is -2.20. The Morgan fingerprint density at radius 2 is 1.91 bits per heavy atom. The minimum absolute atomic E-state index is 0.334. The molecule has 0 fully saturated rings. The molecule has 3 aromatic rings. The lowest BCUT2D eigenvalue weighted by Gasteiger charge is -2.09. The highest BCUT2D eigenvalue weighted by molar-refractivity contribution is 6.00. The van der Waals surface area contributed by atoms with Crippen LogP contribution in [-0.4, -0.2) is 15.8 Å². The molecule has 0 unspecified atom stereocenters. The number of amides is 2. The average Bonchev–Trinajstić information content (AvgIpc) is 3.13. The zero-order valence-electron chi connectivity index (χ0n) is 12.3. The summed E-state index contributed by atoms with van der Waals surface area (Å²) in [5.74, 6) is 0.578. The number of anilines is 2. The molecule has 1 aromatic carbocycles. The summed E-state index contributed by atoms with van der Waals surface area (Å²) >= 11 is 0. The van der Waals surface area contributed by atoms with Crippen LogP contribution in [0.15, 0.2) is 53.3 Å². The van der Waals surface area contributed by atoms with Gasteiger partial charge in [0.2, 0.25) is 0 Å². The predicted molar refractivity (Wildman–Crippen MR) is 84.4 cm³/mol. The standard InChI is InChI=1S/C16H16N4O2/c1-11-15(12(2)22-19-11)18-16(21)17-13-6-5-7-14(10-13)20-8-3-4-9-20/h3-10H,1-2H3,(H2,17,18,21). The Labute approximate surface area is 127 Å². The summed E-state index contributed by atoms with van der Waals surface area (Å²) < 4.78 is 6.99. The first kappa shape index (κ1) is 13.9. The van der Waals surface area contributed by atoms with Crippen LogP contribution in [-0.2, 0) is 0 Å². The summed E-state index contributed by atoms with van der Waals surface area (Å²) in [7, 11) is 0. The minimum Gasteiger partial charge on any atom is -0.359 e. The van der Waals surface area contributed by atoms with E-state index in [1.807, 2.05) is 53.4 Å². The van der Waals surface area contributed by atoms with Crippen LogP contribution in [0.3, 0.4) is 0 Å². The van der Waals surface area contributed by atoms with Crippen LogP contribution in [0.25, 0.3) is 5.69 Å². The van der Waals surface area contributed by atoms with Gasteiger partial charge in [0.15, 0.2) is 5.76 Å². The van der Waals surface area contributed by atoms with Crippen LogP contribution in [0, 0.1) is 13.8 Å². The SMILES string of the molecule is Cc1noc(C)c1NC(=O)Nc1cccc(-n2cccc2)c1. The highest BCUT2D eigenvalue weighted by Crippen LogP contribution is 2.19. The van der Waals surface area contributed by atoms with Gasteiger partial charge in [-0.05, 0) is 44.2 Å². The van der Waals surface area contributed by atoms with Crippen molar-refractivity contribution in [2.24, 2.45) is 0 Å². The third-order valence-corrected chi connectivity index (χ3v) is 3.28. The molecule has 0 aliphatic carbocycles. The molecular formula is C16H16N4O2. The first-order valence-corrected chi connectivity index (χ1v) is 6.88. The highest BCUT2D eigenvalue weighted by Gasteiger charge is 2.12. The number of aromatic nitrogens is 2. The predicted octanol–water partition coefficient (Wildman–Crippen LogP) is 3.73. The van der Waals surface area contributed by atoms with Crippen LogP contribution < -0.4 is 10.6 Å². The fourth-order valence-corrected chi connectivity index (χ4v) is 2.19. The highest BCUT2D eigenvalue weighted by atomic mass is 16.5. The Balaban J connectivity index is 1.73. The molecule has 0 saturated carbocycles. The molecule has 2 aromatic heterocycles. The van der Waals surface area contributed by atoms with E-state index in [-0.39, 0.29) is 6.03 Å². The van der Waals surface area contributed by atoms with E-state index in [0.717, 1.165) is 5.69 Å². The van der Waals surface area contributed by atoms with Crippen molar-refractivity contribution in [1.29, 1.82) is 0 Å². The van der Waals surface area contributed by atoms with Gasteiger partial charge < -0.3 is 19.7 Å². The van der Waals surface area contributed by atoms with E-state index in [0.29, 0.717) is 22.8 Å². The van der Waals surface area contributed by atoms with Crippen molar-refractivity contribution in [1.82, 2.24) is 9.72 Å². The second-order valence-electron chi connectivity index (χ2n) is 4.92. The van der Waals surface area contributed by atoms with Crippen molar-refractivity contribution in [3.8, 4) is 5.69 Å². The van der Waals surface area contributed by atoms with Gasteiger partial charge in [0.05, 0.1) is 0 Å². The van der Waals surface area contributed by atoms with Gasteiger partial charge in [-0.25, -0.2) is 4.79 Å². The Morgan fingerprint density at radius 1 is 1.14 bits per heavy atom. The Kier molecular flexibility index (Phi) is 3.65. The molecule has 6 nitrogen and oxygen atoms in total. The van der Waals surface area contributed by atoms with Gasteiger partial charge in [0.25, 0.3) is 0 Å². The second kappa shape index (κ2) is 5.77. The maximum absolute atomic E-state index is 12.1. The third-order valence-electron chi connectivity index (χ3n) is 3.28. The van der Waals surface area contributed by atoms with E-state index in [1.165, 1.54) is 0 Å². The number of aryl methyl sites for hydroxylation is 2. The zero-order chi connectivity index (χ0) is 15.5. The number of hydrogen-bond acceptors (Lipinski definition) is 3. The topological polar surface area (TPSA) is 72.1 Å². The summed E-state index contributed by atoms with van der Waals surface area (Å²) in [6.07, 6.45) is 3.89. The third kappa shape index (κ3) is 2.85. The van der Waals surface area contributed by atoms with Crippen molar-refractivity contribution >= 4 is 17.4 Å². The number of rotatable bonds is 3. The monoisotopic (exact) mass is 296 g/mol. The Bertz CT molecular complexity index is 771. The van der Waals surface area contributed by atoms with E-state index in [1.54, 1.807) is 13.8 Å². The molecule has 0 saturated heterocycles. The van der Waals surface area contributed by atoms with Crippen LogP contribution in [0.1, 0.15) is 11.5 Å². The normalized spacial score (nSPS) is 10.5. The minimum atomic E-state index is -0.334. The summed E-state index contributed by atoms with van der Waals surface area (Å²) in [5.41, 5.74) is 2.92. The fraction of sp³-hybridized carbons (Fsp3) is 0.125. The Morgan fingerprint density at radius 3 is 2.59 bits per heavy atom. The van der Waals surface area contributed by atoms with Gasteiger partial charge in [0, 0.05) is 23.8 Å². The maximum Gasteiger partial charge on any atom is 0.323 e. The van der Waals surface area contributed by atoms with E-state index in [9.17, 15) is 4.79 Å². The molecule has 0 aliphatic heterocycles. The van der Waals surface area contributed by atoms with Gasteiger partial charge in [0.1, 0.15) is 11.4 Å². The summed E-state index contributed by atoms with van der Waals surface area (Å²) in [6, 6.07) is 11.2. The van der Waals surface area contributed by atoms with Crippen LogP contribution in [0.5, 0.6) is 0 Å². The van der Waals surface area contributed by atoms with Crippen molar-refractivity contribution < 1.29 is 9.32 Å². The van der Waals surface area contributed by atoms with Crippen molar-refractivity contribution in [2.45, 2.75) is 13.8 Å². The first-order chi connectivity index (χ1) is 10.6. The molecule has 2 amide bonds. The quantitative estimate of drug-likeness (QED) is 0.773. The average molecular weight is 296 g/mol. The van der Waals surface area contributed by atoms with Crippen molar-refractivity contribution in [3.05, 3.63) is 60.2 Å². The van der Waals surface area contributed by atoms with Crippen LogP contribution >= 0.6 is 0 Å². The Hall–Kier alpha value is -3.02. The molecular weight excluding hydrogens is 280 g/mol. The van der Waals surface area contributed by atoms with E-state index >= 15 is 0 Å². The molecule has 0 spiro atoms. The van der Waals surface area contributed by atoms with E-state index in [4.69, 9.17) is 4.52 Å². The molecule has 6 heteroatoms. The number of nitrogens with one attached hydrogen (secondary N) is 2. The molecule has 2 N–H and O–H groups in total. The maximum atomic E-state index is 12.1. The number of hydrogen-bond donors (Lipinski definition) is 2. The molecule has 22 heavy (non-hydrogen) atoms. The lowest BCUT2D eigenvalue weighted by molar-refractivity contribution is 0.262. The number of nitrogens with zero attached hydrogens (tertiary/aromatic N) is 2. The number of benzene rings is 1. The number of urea groups is 1. The van der Waals surface area contributed by atoms with Crippen molar-refractivity contribution in [2.75, 3.05) is 10.6 Å². The summed E-state index contributed by atoms with van der Waals surface area (Å²) in [6.45, 7) is 3.53. The zero-order valence-corrected chi connectivity index (χ0v) is 12.3. The molecule has 0 atom stereocenters. The first-order valence-electron chi connectivity index (χ1n) is 6.88. The summed E-state index contributed by atoms with van der Waals surface area (Å²) in [5, 5.41) is 9.36. The van der Waals surface area contributed by atoms with Gasteiger partial charge >= 0.3 is 6.03 Å². The van der Waals surface area contributed by atoms with Gasteiger partial charge in [-0.2, -0.15) is 0 Å². The molecule has 0 aliphatic rings. The molecule has 112 valence electrons. The van der Waals surface area contributed by atoms with Gasteiger partial charge in [-0.1, -0.05) is 11.2 Å².